The van der Waals surface area contributed by atoms with E-state index in [4.69, 9.17) is 0 Å². The zero-order valence-electron chi connectivity index (χ0n) is 14.1. The van der Waals surface area contributed by atoms with Crippen molar-refractivity contribution in [1.29, 1.82) is 0 Å². The van der Waals surface area contributed by atoms with Gasteiger partial charge in [0.1, 0.15) is 16.6 Å². The monoisotopic (exact) mass is 405 g/mol. The summed E-state index contributed by atoms with van der Waals surface area (Å²) in [5, 5.41) is 4.31. The number of anilines is 1. The van der Waals surface area contributed by atoms with Gasteiger partial charge in [-0.1, -0.05) is 12.1 Å². The minimum Gasteiger partial charge on any atom is -0.350 e. The first-order chi connectivity index (χ1) is 13.0. The molecule has 1 amide bonds. The first-order valence-electron chi connectivity index (χ1n) is 7.94. The molecule has 140 valence electrons. The Hall–Kier alpha value is -2.78. The van der Waals surface area contributed by atoms with Crippen LogP contribution in [-0.2, 0) is 21.4 Å². The molecule has 0 aliphatic carbocycles. The smallest absolute Gasteiger partial charge is 0.274 e. The van der Waals surface area contributed by atoms with Gasteiger partial charge < -0.3 is 5.32 Å². The summed E-state index contributed by atoms with van der Waals surface area (Å²) >= 11 is 1.05. The van der Waals surface area contributed by atoms with Crippen molar-refractivity contribution < 1.29 is 17.6 Å². The third-order valence-corrected chi connectivity index (χ3v) is 6.80. The van der Waals surface area contributed by atoms with Crippen molar-refractivity contribution >= 4 is 33.0 Å². The average molecular weight is 405 g/mol. The van der Waals surface area contributed by atoms with Crippen molar-refractivity contribution in [3.05, 3.63) is 77.7 Å². The van der Waals surface area contributed by atoms with Gasteiger partial charge in [0.15, 0.2) is 0 Å². The summed E-state index contributed by atoms with van der Waals surface area (Å²) in [4.78, 5) is 16.3. The highest BCUT2D eigenvalue weighted by atomic mass is 32.2. The molecule has 1 N–H and O–H groups in total. The predicted octanol–water partition coefficient (Wildman–Crippen LogP) is 2.79. The second kappa shape index (κ2) is 8.28. The lowest BCUT2D eigenvalue weighted by Crippen LogP contribution is -2.40. The van der Waals surface area contributed by atoms with E-state index in [2.05, 4.69) is 10.3 Å². The molecule has 0 aliphatic heterocycles. The molecule has 0 atom stereocenters. The number of carbonyl (C=O) groups is 1. The summed E-state index contributed by atoms with van der Waals surface area (Å²) in [6.07, 6.45) is 3.23. The molecular weight excluding hydrogens is 389 g/mol. The summed E-state index contributed by atoms with van der Waals surface area (Å²) in [5.41, 5.74) is 1.00. The van der Waals surface area contributed by atoms with Gasteiger partial charge in [-0.25, -0.2) is 12.8 Å². The van der Waals surface area contributed by atoms with E-state index >= 15 is 0 Å². The van der Waals surface area contributed by atoms with Crippen molar-refractivity contribution in [3.63, 3.8) is 0 Å². The molecule has 0 fully saturated rings. The van der Waals surface area contributed by atoms with E-state index in [0.29, 0.717) is 0 Å². The number of aromatic nitrogens is 1. The van der Waals surface area contributed by atoms with Crippen molar-refractivity contribution in [3.8, 4) is 0 Å². The van der Waals surface area contributed by atoms with Crippen molar-refractivity contribution in [2.24, 2.45) is 0 Å². The fourth-order valence-electron chi connectivity index (χ4n) is 2.33. The molecule has 0 unspecified atom stereocenters. The van der Waals surface area contributed by atoms with Gasteiger partial charge in [-0.05, 0) is 47.3 Å². The number of halogens is 1. The molecule has 9 heteroatoms. The Morgan fingerprint density at radius 3 is 2.56 bits per heavy atom. The number of nitrogens with zero attached hydrogens (tertiary/aromatic N) is 2. The number of thiophene rings is 1. The minimum absolute atomic E-state index is 0.104. The molecule has 27 heavy (non-hydrogen) atoms. The molecule has 3 aromatic rings. The van der Waals surface area contributed by atoms with Gasteiger partial charge in [-0.3, -0.25) is 14.1 Å². The van der Waals surface area contributed by atoms with Crippen LogP contribution >= 0.6 is 11.3 Å². The summed E-state index contributed by atoms with van der Waals surface area (Å²) in [5.74, 6) is -0.975. The van der Waals surface area contributed by atoms with E-state index < -0.39 is 28.3 Å². The summed E-state index contributed by atoms with van der Waals surface area (Å²) in [6.45, 7) is -0.199. The lowest BCUT2D eigenvalue weighted by Gasteiger charge is -2.23. The number of rotatable bonds is 7. The minimum atomic E-state index is -3.95. The Kier molecular flexibility index (Phi) is 5.82. The van der Waals surface area contributed by atoms with E-state index in [1.807, 2.05) is 0 Å². The Balaban J connectivity index is 1.82. The number of nitrogens with one attached hydrogen (secondary N) is 1. The zero-order chi connectivity index (χ0) is 19.3. The van der Waals surface area contributed by atoms with Gasteiger partial charge in [0.05, 0.1) is 5.69 Å². The number of hydrogen-bond acceptors (Lipinski definition) is 5. The first-order valence-corrected chi connectivity index (χ1v) is 10.3. The van der Waals surface area contributed by atoms with Gasteiger partial charge >= 0.3 is 0 Å². The Bertz CT molecular complexity index is 992. The number of benzene rings is 1. The summed E-state index contributed by atoms with van der Waals surface area (Å²) in [6, 6.07) is 11.6. The van der Waals surface area contributed by atoms with E-state index in [1.165, 1.54) is 18.2 Å². The third kappa shape index (κ3) is 4.69. The normalized spacial score (nSPS) is 11.1. The molecule has 0 radical (unpaired) electrons. The van der Waals surface area contributed by atoms with Gasteiger partial charge in [-0.2, -0.15) is 0 Å². The van der Waals surface area contributed by atoms with E-state index in [0.717, 1.165) is 33.3 Å². The Labute approximate surface area is 160 Å². The number of amides is 1. The highest BCUT2D eigenvalue weighted by Gasteiger charge is 2.28. The van der Waals surface area contributed by atoms with E-state index in [1.54, 1.807) is 36.0 Å². The number of pyridine rings is 1. The summed E-state index contributed by atoms with van der Waals surface area (Å²) in [7, 11) is -3.95. The van der Waals surface area contributed by atoms with Crippen LogP contribution in [-0.4, -0.2) is 25.9 Å². The van der Waals surface area contributed by atoms with Crippen LogP contribution in [0.25, 0.3) is 0 Å². The third-order valence-electron chi connectivity index (χ3n) is 3.65. The highest BCUT2D eigenvalue weighted by molar-refractivity contribution is 7.94. The number of hydrogen-bond donors (Lipinski definition) is 1. The van der Waals surface area contributed by atoms with Crippen molar-refractivity contribution in [2.45, 2.75) is 10.8 Å². The molecule has 2 aromatic heterocycles. The van der Waals surface area contributed by atoms with Crippen LogP contribution < -0.4 is 9.62 Å². The van der Waals surface area contributed by atoms with Crippen LogP contribution in [0.15, 0.2) is 70.5 Å². The molecule has 1 aromatic carbocycles. The lowest BCUT2D eigenvalue weighted by atomic mass is 10.3. The quantitative estimate of drug-likeness (QED) is 0.656. The fourth-order valence-corrected chi connectivity index (χ4v) is 4.86. The van der Waals surface area contributed by atoms with E-state index in [-0.39, 0.29) is 16.4 Å². The maximum Gasteiger partial charge on any atom is 0.274 e. The van der Waals surface area contributed by atoms with Crippen LogP contribution in [0.2, 0.25) is 0 Å². The maximum atomic E-state index is 13.2. The molecule has 3 rings (SSSR count). The molecule has 0 saturated carbocycles. The number of carbonyl (C=O) groups excluding carboxylic acids is 1. The van der Waals surface area contributed by atoms with Crippen molar-refractivity contribution in [2.75, 3.05) is 10.8 Å². The van der Waals surface area contributed by atoms with Crippen LogP contribution in [0.1, 0.15) is 5.56 Å². The van der Waals surface area contributed by atoms with Gasteiger partial charge in [0.2, 0.25) is 5.91 Å². The summed E-state index contributed by atoms with van der Waals surface area (Å²) < 4.78 is 40.2. The topological polar surface area (TPSA) is 79.4 Å². The maximum absolute atomic E-state index is 13.2. The molecule has 0 aliphatic rings. The molecule has 2 heterocycles. The Morgan fingerprint density at radius 2 is 1.93 bits per heavy atom. The van der Waals surface area contributed by atoms with Gasteiger partial charge in [-0.15, -0.1) is 11.3 Å². The van der Waals surface area contributed by atoms with E-state index in [9.17, 15) is 17.6 Å². The second-order valence-corrected chi connectivity index (χ2v) is 8.60. The Morgan fingerprint density at radius 1 is 1.15 bits per heavy atom. The van der Waals surface area contributed by atoms with Gasteiger partial charge in [0.25, 0.3) is 10.0 Å². The standard InChI is InChI=1S/C18H16FN3O3S2/c19-15-5-7-16(8-6-15)22(27(24,25)18-4-2-10-26-18)13-17(23)21-12-14-3-1-9-20-11-14/h1-11H,12-13H2,(H,21,23). The first kappa shape index (κ1) is 19.0. The fraction of sp³-hybridized carbons (Fsp3) is 0.111. The second-order valence-electron chi connectivity index (χ2n) is 5.56. The van der Waals surface area contributed by atoms with Crippen LogP contribution in [0.5, 0.6) is 0 Å². The molecule has 6 nitrogen and oxygen atoms in total. The SMILES string of the molecule is O=C(CN(c1ccc(F)cc1)S(=O)(=O)c1cccs1)NCc1cccnc1. The zero-order valence-corrected chi connectivity index (χ0v) is 15.7. The number of sulfonamides is 1. The van der Waals surface area contributed by atoms with Gasteiger partial charge in [0, 0.05) is 18.9 Å². The molecule has 0 saturated heterocycles. The lowest BCUT2D eigenvalue weighted by molar-refractivity contribution is -0.119. The average Bonchev–Trinajstić information content (AvgIpc) is 3.22. The highest BCUT2D eigenvalue weighted by Crippen LogP contribution is 2.26. The van der Waals surface area contributed by atoms with Crippen LogP contribution in [0.4, 0.5) is 10.1 Å². The molecular formula is C18H16FN3O3S2. The molecule has 0 bridgehead atoms. The molecule has 0 spiro atoms. The predicted molar refractivity (Wildman–Crippen MR) is 101 cm³/mol. The van der Waals surface area contributed by atoms with Crippen LogP contribution in [0, 0.1) is 5.82 Å². The van der Waals surface area contributed by atoms with Crippen molar-refractivity contribution in [1.82, 2.24) is 10.3 Å². The van der Waals surface area contributed by atoms with Crippen LogP contribution in [0.3, 0.4) is 0 Å². The largest absolute Gasteiger partial charge is 0.350 e.